The van der Waals surface area contributed by atoms with Crippen LogP contribution in [0.15, 0.2) is 16.6 Å². The number of hydrogen-bond acceptors (Lipinski definition) is 2. The van der Waals surface area contributed by atoms with Crippen molar-refractivity contribution in [2.75, 3.05) is 14.2 Å². The lowest BCUT2D eigenvalue weighted by molar-refractivity contribution is 0.220. The third kappa shape index (κ3) is 2.62. The molecule has 0 saturated carbocycles. The predicted molar refractivity (Wildman–Crippen MR) is 61.4 cm³/mol. The van der Waals surface area contributed by atoms with E-state index < -0.39 is 5.67 Å². The average Bonchev–Trinajstić information content (AvgIpc) is 2.15. The normalized spacial score (nSPS) is 11.3. The molecule has 4 heteroatoms. The number of ether oxygens (including phenoxy) is 2. The first-order chi connectivity index (χ1) is 6.90. The summed E-state index contributed by atoms with van der Waals surface area (Å²) < 4.78 is 24.7. The summed E-state index contributed by atoms with van der Waals surface area (Å²) in [5.74, 6) is 1.10. The molecule has 1 rings (SSSR count). The number of benzene rings is 1. The van der Waals surface area contributed by atoms with Crippen molar-refractivity contribution in [1.29, 1.82) is 0 Å². The number of hydrogen-bond donors (Lipinski definition) is 0. The molecule has 2 nitrogen and oxygen atoms in total. The summed E-state index contributed by atoms with van der Waals surface area (Å²) in [5.41, 5.74) is -0.853. The summed E-state index contributed by atoms with van der Waals surface area (Å²) in [6, 6.07) is 3.34. The lowest BCUT2D eigenvalue weighted by atomic mass is 10.00. The Labute approximate surface area is 97.5 Å². The van der Waals surface area contributed by atoms with Gasteiger partial charge >= 0.3 is 0 Å². The molecule has 0 atom stereocenters. The molecule has 0 aliphatic rings. The fraction of sp³-hybridized carbons (Fsp3) is 0.455. The van der Waals surface area contributed by atoms with Crippen LogP contribution in [0.4, 0.5) is 4.39 Å². The molecule has 15 heavy (non-hydrogen) atoms. The van der Waals surface area contributed by atoms with Crippen molar-refractivity contribution in [2.24, 2.45) is 0 Å². The quantitative estimate of drug-likeness (QED) is 0.839. The van der Waals surface area contributed by atoms with E-state index in [2.05, 4.69) is 15.9 Å². The van der Waals surface area contributed by atoms with E-state index in [0.717, 1.165) is 0 Å². The smallest absolute Gasteiger partial charge is 0.174 e. The maximum atomic E-state index is 13.7. The molecule has 0 saturated heterocycles. The zero-order valence-electron chi connectivity index (χ0n) is 9.23. The Morgan fingerprint density at radius 2 is 1.80 bits per heavy atom. The van der Waals surface area contributed by atoms with Gasteiger partial charge in [-0.25, -0.2) is 4.39 Å². The van der Waals surface area contributed by atoms with Crippen molar-refractivity contribution in [2.45, 2.75) is 19.5 Å². The molecule has 84 valence electrons. The molecule has 0 aliphatic heterocycles. The molecule has 1 aromatic rings. The second-order valence-corrected chi connectivity index (χ2v) is 4.52. The molecular weight excluding hydrogens is 263 g/mol. The Kier molecular flexibility index (Phi) is 3.60. The molecule has 0 fully saturated rings. The summed E-state index contributed by atoms with van der Waals surface area (Å²) in [4.78, 5) is 0. The number of halogens is 2. The molecule has 1 aromatic carbocycles. The van der Waals surface area contributed by atoms with Crippen LogP contribution in [0.25, 0.3) is 0 Å². The molecule has 0 radical (unpaired) electrons. The van der Waals surface area contributed by atoms with Gasteiger partial charge in [0.05, 0.1) is 18.7 Å². The van der Waals surface area contributed by atoms with E-state index in [9.17, 15) is 4.39 Å². The van der Waals surface area contributed by atoms with Crippen molar-refractivity contribution in [3.8, 4) is 11.5 Å². The van der Waals surface area contributed by atoms with Gasteiger partial charge in [0.1, 0.15) is 5.67 Å². The number of methoxy groups -OCH3 is 2. The minimum atomic E-state index is -1.40. The van der Waals surface area contributed by atoms with E-state index in [1.807, 2.05) is 0 Å². The molecule has 0 bridgehead atoms. The van der Waals surface area contributed by atoms with E-state index in [1.165, 1.54) is 21.0 Å². The molecule has 0 N–H and O–H groups in total. The summed E-state index contributed by atoms with van der Waals surface area (Å²) in [5, 5.41) is 0. The zero-order chi connectivity index (χ0) is 11.6. The van der Waals surface area contributed by atoms with Crippen LogP contribution in [-0.4, -0.2) is 14.2 Å². The molecule has 0 heterocycles. The molecular formula is C11H14BrFO2. The summed E-state index contributed by atoms with van der Waals surface area (Å²) in [7, 11) is 3.07. The van der Waals surface area contributed by atoms with Gasteiger partial charge in [0.15, 0.2) is 11.5 Å². The molecule has 0 amide bonds. The number of rotatable bonds is 3. The summed E-state index contributed by atoms with van der Waals surface area (Å²) >= 11 is 3.32. The fourth-order valence-corrected chi connectivity index (χ4v) is 1.87. The van der Waals surface area contributed by atoms with Gasteiger partial charge in [-0.2, -0.15) is 0 Å². The van der Waals surface area contributed by atoms with Gasteiger partial charge in [-0.3, -0.25) is 0 Å². The van der Waals surface area contributed by atoms with Gasteiger partial charge in [0.25, 0.3) is 0 Å². The minimum Gasteiger partial charge on any atom is -0.493 e. The van der Waals surface area contributed by atoms with Crippen molar-refractivity contribution in [3.05, 3.63) is 22.2 Å². The Morgan fingerprint density at radius 3 is 2.20 bits per heavy atom. The molecule has 0 spiro atoms. The van der Waals surface area contributed by atoms with Crippen LogP contribution >= 0.6 is 15.9 Å². The SMILES string of the molecule is COc1cc(C(C)(C)F)cc(Br)c1OC. The van der Waals surface area contributed by atoms with Crippen LogP contribution in [0.3, 0.4) is 0 Å². The highest BCUT2D eigenvalue weighted by atomic mass is 79.9. The first-order valence-electron chi connectivity index (χ1n) is 4.51. The Balaban J connectivity index is 3.32. The Hall–Kier alpha value is -0.770. The van der Waals surface area contributed by atoms with Crippen molar-refractivity contribution >= 4 is 15.9 Å². The third-order valence-electron chi connectivity index (χ3n) is 2.12. The lowest BCUT2D eigenvalue weighted by Gasteiger charge is -2.18. The van der Waals surface area contributed by atoms with Crippen LogP contribution in [0.5, 0.6) is 11.5 Å². The van der Waals surface area contributed by atoms with Gasteiger partial charge in [0.2, 0.25) is 0 Å². The van der Waals surface area contributed by atoms with Crippen molar-refractivity contribution < 1.29 is 13.9 Å². The van der Waals surface area contributed by atoms with Crippen LogP contribution in [-0.2, 0) is 5.67 Å². The Bertz CT molecular complexity index is 358. The van der Waals surface area contributed by atoms with Gasteiger partial charge in [-0.1, -0.05) is 0 Å². The van der Waals surface area contributed by atoms with Gasteiger partial charge in [-0.15, -0.1) is 0 Å². The van der Waals surface area contributed by atoms with Crippen molar-refractivity contribution in [3.63, 3.8) is 0 Å². The van der Waals surface area contributed by atoms with Crippen LogP contribution < -0.4 is 9.47 Å². The van der Waals surface area contributed by atoms with E-state index >= 15 is 0 Å². The monoisotopic (exact) mass is 276 g/mol. The van der Waals surface area contributed by atoms with E-state index in [-0.39, 0.29) is 0 Å². The van der Waals surface area contributed by atoms with Crippen LogP contribution in [0, 0.1) is 0 Å². The van der Waals surface area contributed by atoms with E-state index in [1.54, 1.807) is 19.2 Å². The van der Waals surface area contributed by atoms with E-state index in [4.69, 9.17) is 9.47 Å². The predicted octanol–water partition coefficient (Wildman–Crippen LogP) is 3.67. The third-order valence-corrected chi connectivity index (χ3v) is 2.71. The van der Waals surface area contributed by atoms with Crippen LogP contribution in [0.2, 0.25) is 0 Å². The largest absolute Gasteiger partial charge is 0.493 e. The standard InChI is InChI=1S/C11H14BrFO2/c1-11(2,13)7-5-8(12)10(15-4)9(6-7)14-3/h5-6H,1-4H3. The Morgan fingerprint density at radius 1 is 1.20 bits per heavy atom. The first kappa shape index (κ1) is 12.3. The second kappa shape index (κ2) is 4.39. The highest BCUT2D eigenvalue weighted by Crippen LogP contribution is 2.39. The zero-order valence-corrected chi connectivity index (χ0v) is 10.8. The molecule has 0 aromatic heterocycles. The molecule has 0 aliphatic carbocycles. The topological polar surface area (TPSA) is 18.5 Å². The first-order valence-corrected chi connectivity index (χ1v) is 5.30. The second-order valence-electron chi connectivity index (χ2n) is 3.67. The average molecular weight is 277 g/mol. The van der Waals surface area contributed by atoms with Gasteiger partial charge in [0, 0.05) is 0 Å². The summed E-state index contributed by atoms with van der Waals surface area (Å²) in [6.45, 7) is 3.00. The van der Waals surface area contributed by atoms with Crippen molar-refractivity contribution in [1.82, 2.24) is 0 Å². The number of alkyl halides is 1. The minimum absolute atomic E-state index is 0.521. The van der Waals surface area contributed by atoms with Gasteiger partial charge in [-0.05, 0) is 47.5 Å². The lowest BCUT2D eigenvalue weighted by Crippen LogP contribution is -2.09. The van der Waals surface area contributed by atoms with E-state index in [0.29, 0.717) is 21.5 Å². The fourth-order valence-electron chi connectivity index (χ4n) is 1.26. The summed E-state index contributed by atoms with van der Waals surface area (Å²) in [6.07, 6.45) is 0. The molecule has 0 unspecified atom stereocenters. The highest BCUT2D eigenvalue weighted by Gasteiger charge is 2.22. The maximum absolute atomic E-state index is 13.7. The maximum Gasteiger partial charge on any atom is 0.174 e. The van der Waals surface area contributed by atoms with Gasteiger partial charge < -0.3 is 9.47 Å². The van der Waals surface area contributed by atoms with Crippen LogP contribution in [0.1, 0.15) is 19.4 Å². The highest BCUT2D eigenvalue weighted by molar-refractivity contribution is 9.10.